The fourth-order valence-corrected chi connectivity index (χ4v) is 3.42. The second kappa shape index (κ2) is 9.12. The molecule has 1 heterocycles. The van der Waals surface area contributed by atoms with Gasteiger partial charge in [0.25, 0.3) is 0 Å². The van der Waals surface area contributed by atoms with Crippen molar-refractivity contribution in [1.82, 2.24) is 0 Å². The van der Waals surface area contributed by atoms with Crippen LogP contribution >= 0.6 is 11.6 Å². The van der Waals surface area contributed by atoms with Crippen LogP contribution in [0.2, 0.25) is 5.02 Å². The van der Waals surface area contributed by atoms with Gasteiger partial charge in [-0.2, -0.15) is 0 Å². The number of hydrogen-bond donors (Lipinski definition) is 0. The summed E-state index contributed by atoms with van der Waals surface area (Å²) in [7, 11) is 1.56. The number of carbonyl (C=O) groups is 1. The minimum atomic E-state index is -0.723. The van der Waals surface area contributed by atoms with Gasteiger partial charge < -0.3 is 13.9 Å². The van der Waals surface area contributed by atoms with E-state index in [1.54, 1.807) is 67.8 Å². The number of rotatable bonds is 5. The summed E-state index contributed by atoms with van der Waals surface area (Å²) in [5.41, 5.74) is 2.09. The van der Waals surface area contributed by atoms with Gasteiger partial charge in [-0.15, -0.1) is 0 Å². The highest BCUT2D eigenvalue weighted by Gasteiger charge is 2.20. The molecule has 0 unspecified atom stereocenters. The molecule has 3 aromatic carbocycles. The van der Waals surface area contributed by atoms with E-state index in [2.05, 4.69) is 0 Å². The Morgan fingerprint density at radius 1 is 1.03 bits per heavy atom. The predicted octanol–water partition coefficient (Wildman–Crippen LogP) is 6.05. The number of carbonyl (C=O) groups excluding carboxylic acids is 1. The van der Waals surface area contributed by atoms with Gasteiger partial charge in [0.15, 0.2) is 5.76 Å². The molecule has 6 heteroatoms. The summed E-state index contributed by atoms with van der Waals surface area (Å²) in [6, 6.07) is 19.3. The summed E-state index contributed by atoms with van der Waals surface area (Å²) in [6.45, 7) is 1.87. The third-order valence-electron chi connectivity index (χ3n) is 4.86. The second-order valence-electron chi connectivity index (χ2n) is 7.09. The molecule has 4 aromatic rings. The number of halogens is 1. The summed E-state index contributed by atoms with van der Waals surface area (Å²) >= 11 is 6.12. The number of benzene rings is 3. The van der Waals surface area contributed by atoms with E-state index in [1.807, 2.05) is 13.0 Å². The molecule has 0 saturated carbocycles. The Morgan fingerprint density at radius 3 is 2.50 bits per heavy atom. The van der Waals surface area contributed by atoms with Crippen LogP contribution in [0.25, 0.3) is 28.4 Å². The van der Waals surface area contributed by atoms with Crippen molar-refractivity contribution in [2.45, 2.75) is 6.92 Å². The molecule has 4 rings (SSSR count). The zero-order valence-corrected chi connectivity index (χ0v) is 18.2. The van der Waals surface area contributed by atoms with Crippen LogP contribution in [0.15, 0.2) is 82.0 Å². The molecule has 160 valence electrons. The van der Waals surface area contributed by atoms with Crippen LogP contribution in [0.3, 0.4) is 0 Å². The van der Waals surface area contributed by atoms with Crippen molar-refractivity contribution in [3.05, 3.63) is 99.2 Å². The normalized spacial score (nSPS) is 11.1. The van der Waals surface area contributed by atoms with Crippen molar-refractivity contribution in [1.29, 1.82) is 0 Å². The SMILES string of the molecule is COc1ccc(-c2oc3ccc(C)cc3c(=O)c2OC(=O)/C=C/c2ccccc2Cl)cc1. The molecule has 0 amide bonds. The fourth-order valence-electron chi connectivity index (χ4n) is 3.22. The lowest BCUT2D eigenvalue weighted by Crippen LogP contribution is -2.14. The van der Waals surface area contributed by atoms with Gasteiger partial charge in [-0.25, -0.2) is 4.79 Å². The smallest absolute Gasteiger partial charge is 0.336 e. The minimum Gasteiger partial charge on any atom is -0.497 e. The minimum absolute atomic E-state index is 0.161. The van der Waals surface area contributed by atoms with E-state index in [0.717, 1.165) is 5.56 Å². The van der Waals surface area contributed by atoms with Crippen LogP contribution in [-0.2, 0) is 4.79 Å². The maximum absolute atomic E-state index is 13.3. The third-order valence-corrected chi connectivity index (χ3v) is 5.21. The Morgan fingerprint density at radius 2 is 1.78 bits per heavy atom. The van der Waals surface area contributed by atoms with E-state index >= 15 is 0 Å². The Bertz CT molecular complexity index is 1380. The molecule has 0 radical (unpaired) electrons. The first-order chi connectivity index (χ1) is 15.5. The first-order valence-electron chi connectivity index (χ1n) is 9.82. The highest BCUT2D eigenvalue weighted by molar-refractivity contribution is 6.32. The summed E-state index contributed by atoms with van der Waals surface area (Å²) in [6.07, 6.45) is 2.75. The fraction of sp³-hybridized carbons (Fsp3) is 0.0769. The Hall–Kier alpha value is -3.83. The van der Waals surface area contributed by atoms with Gasteiger partial charge in [0.1, 0.15) is 11.3 Å². The molecule has 0 fully saturated rings. The summed E-state index contributed by atoms with van der Waals surface area (Å²) < 4.78 is 16.7. The van der Waals surface area contributed by atoms with Gasteiger partial charge in [-0.1, -0.05) is 41.4 Å². The van der Waals surface area contributed by atoms with Gasteiger partial charge >= 0.3 is 5.97 Å². The van der Waals surface area contributed by atoms with Gasteiger partial charge in [0, 0.05) is 16.7 Å². The second-order valence-corrected chi connectivity index (χ2v) is 7.50. The molecule has 32 heavy (non-hydrogen) atoms. The van der Waals surface area contributed by atoms with Crippen LogP contribution in [0.5, 0.6) is 11.5 Å². The van der Waals surface area contributed by atoms with Gasteiger partial charge in [-0.3, -0.25) is 4.79 Å². The van der Waals surface area contributed by atoms with E-state index < -0.39 is 11.4 Å². The Balaban J connectivity index is 1.78. The first kappa shape index (κ1) is 21.4. The molecule has 0 bridgehead atoms. The third kappa shape index (κ3) is 4.43. The zero-order valence-electron chi connectivity index (χ0n) is 17.4. The lowest BCUT2D eigenvalue weighted by molar-refractivity contribution is -0.129. The molecular weight excluding hydrogens is 428 g/mol. The predicted molar refractivity (Wildman–Crippen MR) is 125 cm³/mol. The van der Waals surface area contributed by atoms with E-state index in [1.165, 1.54) is 12.2 Å². The van der Waals surface area contributed by atoms with Crippen molar-refractivity contribution >= 4 is 34.6 Å². The molecule has 0 aliphatic carbocycles. The van der Waals surface area contributed by atoms with E-state index in [0.29, 0.717) is 32.9 Å². The molecule has 0 saturated heterocycles. The number of ether oxygens (including phenoxy) is 2. The van der Waals surface area contributed by atoms with Crippen LogP contribution in [0, 0.1) is 6.92 Å². The lowest BCUT2D eigenvalue weighted by Gasteiger charge is -2.10. The molecule has 0 atom stereocenters. The van der Waals surface area contributed by atoms with Crippen molar-refractivity contribution in [3.63, 3.8) is 0 Å². The van der Waals surface area contributed by atoms with Gasteiger partial charge in [-0.05, 0) is 61.0 Å². The Kier molecular flexibility index (Phi) is 6.10. The average molecular weight is 447 g/mol. The summed E-state index contributed by atoms with van der Waals surface area (Å²) in [4.78, 5) is 25.8. The zero-order chi connectivity index (χ0) is 22.7. The number of aryl methyl sites for hydroxylation is 1. The lowest BCUT2D eigenvalue weighted by atomic mass is 10.1. The summed E-state index contributed by atoms with van der Waals surface area (Å²) in [5, 5.41) is 0.830. The van der Waals surface area contributed by atoms with Gasteiger partial charge in [0.2, 0.25) is 11.2 Å². The van der Waals surface area contributed by atoms with E-state index in [4.69, 9.17) is 25.5 Å². The number of methoxy groups -OCH3 is 1. The molecule has 0 spiro atoms. The van der Waals surface area contributed by atoms with Crippen LogP contribution in [-0.4, -0.2) is 13.1 Å². The van der Waals surface area contributed by atoms with E-state index in [9.17, 15) is 9.59 Å². The maximum Gasteiger partial charge on any atom is 0.336 e. The number of fused-ring (bicyclic) bond motifs is 1. The van der Waals surface area contributed by atoms with Crippen molar-refractivity contribution in [2.75, 3.05) is 7.11 Å². The van der Waals surface area contributed by atoms with Crippen LogP contribution in [0.4, 0.5) is 0 Å². The van der Waals surface area contributed by atoms with E-state index in [-0.39, 0.29) is 11.5 Å². The van der Waals surface area contributed by atoms with Crippen LogP contribution in [0.1, 0.15) is 11.1 Å². The van der Waals surface area contributed by atoms with Crippen molar-refractivity contribution in [2.24, 2.45) is 0 Å². The average Bonchev–Trinajstić information content (AvgIpc) is 2.80. The molecule has 1 aromatic heterocycles. The topological polar surface area (TPSA) is 65.7 Å². The summed E-state index contributed by atoms with van der Waals surface area (Å²) in [5.74, 6) is -0.0942. The van der Waals surface area contributed by atoms with Crippen molar-refractivity contribution < 1.29 is 18.7 Å². The van der Waals surface area contributed by atoms with Crippen LogP contribution < -0.4 is 14.9 Å². The Labute approximate surface area is 189 Å². The van der Waals surface area contributed by atoms with Crippen molar-refractivity contribution in [3.8, 4) is 22.8 Å². The largest absolute Gasteiger partial charge is 0.497 e. The highest BCUT2D eigenvalue weighted by Crippen LogP contribution is 2.32. The molecule has 5 nitrogen and oxygen atoms in total. The maximum atomic E-state index is 13.3. The first-order valence-corrected chi connectivity index (χ1v) is 10.2. The molecular formula is C26H19ClO5. The van der Waals surface area contributed by atoms with Gasteiger partial charge in [0.05, 0.1) is 12.5 Å². The quantitative estimate of drug-likeness (QED) is 0.276. The highest BCUT2D eigenvalue weighted by atomic mass is 35.5. The standard InChI is InChI=1S/C26H19ClO5/c1-16-7-13-22-20(15-16)24(29)26(25(31-22)18-8-11-19(30-2)12-9-18)32-23(28)14-10-17-5-3-4-6-21(17)27/h3-15H,1-2H3/b14-10+. The number of hydrogen-bond acceptors (Lipinski definition) is 5. The molecule has 0 aliphatic heterocycles. The molecule has 0 N–H and O–H groups in total. The number of esters is 1. The molecule has 0 aliphatic rings. The monoisotopic (exact) mass is 446 g/mol.